The number of carbonyl (C=O) groups is 2. The second-order valence-electron chi connectivity index (χ2n) is 11.4. The number of piperidine rings is 1. The lowest BCUT2D eigenvalue weighted by Crippen LogP contribution is -2.44. The molecule has 44 heavy (non-hydrogen) atoms. The molecule has 0 radical (unpaired) electrons. The zero-order chi connectivity index (χ0) is 31.5. The zero-order valence-electron chi connectivity index (χ0n) is 25.5. The van der Waals surface area contributed by atoms with E-state index < -0.39 is 11.8 Å². The Balaban J connectivity index is 1.80. The van der Waals surface area contributed by atoms with Crippen molar-refractivity contribution in [3.63, 3.8) is 0 Å². The normalized spacial score (nSPS) is 14.8. The van der Waals surface area contributed by atoms with Gasteiger partial charge in [0.15, 0.2) is 0 Å². The minimum Gasteiger partial charge on any atom is -0.369 e. The van der Waals surface area contributed by atoms with Gasteiger partial charge in [0, 0.05) is 29.1 Å². The predicted octanol–water partition coefficient (Wildman–Crippen LogP) is 7.17. The molecule has 1 unspecified atom stereocenters. The third-order valence-corrected chi connectivity index (χ3v) is 9.20. The number of aryl methyl sites for hydroxylation is 2. The van der Waals surface area contributed by atoms with Crippen LogP contribution in [0.5, 0.6) is 0 Å². The van der Waals surface area contributed by atoms with Gasteiger partial charge in [0.25, 0.3) is 11.5 Å². The summed E-state index contributed by atoms with van der Waals surface area (Å²) in [7, 11) is 0. The minimum absolute atomic E-state index is 0.236. The van der Waals surface area contributed by atoms with E-state index in [4.69, 9.17) is 22.3 Å². The maximum atomic E-state index is 14.7. The van der Waals surface area contributed by atoms with E-state index in [1.54, 1.807) is 27.7 Å². The van der Waals surface area contributed by atoms with Gasteiger partial charge < -0.3 is 10.6 Å². The fourth-order valence-electron chi connectivity index (χ4n) is 5.81. The van der Waals surface area contributed by atoms with Crippen molar-refractivity contribution in [1.29, 1.82) is 0 Å². The molecule has 0 aliphatic carbocycles. The summed E-state index contributed by atoms with van der Waals surface area (Å²) in [5.41, 5.74) is 12.1. The summed E-state index contributed by atoms with van der Waals surface area (Å²) >= 11 is 7.47. The van der Waals surface area contributed by atoms with Crippen molar-refractivity contribution in [2.75, 3.05) is 13.1 Å². The summed E-state index contributed by atoms with van der Waals surface area (Å²) in [6.07, 6.45) is 4.66. The minimum atomic E-state index is -0.404. The number of amides is 2. The SMILES string of the molecule is CCc1cccc(CC)c1-n1c(C=C(C)C)c(C(=O)N2CCCC(C(N)=O)C2)cc(-c2nc(-c3ccc(Cl)cc3)cs2)c1=O. The maximum Gasteiger partial charge on any atom is 0.265 e. The predicted molar refractivity (Wildman–Crippen MR) is 179 cm³/mol. The van der Waals surface area contributed by atoms with Crippen molar-refractivity contribution < 1.29 is 9.59 Å². The number of hydrogen-bond acceptors (Lipinski definition) is 5. The number of nitrogens with zero attached hydrogens (tertiary/aromatic N) is 3. The van der Waals surface area contributed by atoms with E-state index >= 15 is 0 Å². The van der Waals surface area contributed by atoms with Crippen LogP contribution >= 0.6 is 22.9 Å². The highest BCUT2D eigenvalue weighted by Crippen LogP contribution is 2.32. The van der Waals surface area contributed by atoms with E-state index in [2.05, 4.69) is 13.8 Å². The zero-order valence-corrected chi connectivity index (χ0v) is 27.1. The number of thiazole rings is 1. The van der Waals surface area contributed by atoms with Gasteiger partial charge in [-0.25, -0.2) is 4.98 Å². The Bertz CT molecular complexity index is 1780. The van der Waals surface area contributed by atoms with Crippen LogP contribution in [-0.2, 0) is 17.6 Å². The molecule has 4 aromatic rings. The first kappa shape index (κ1) is 31.4. The number of aromatic nitrogens is 2. The van der Waals surface area contributed by atoms with Crippen LogP contribution in [-0.4, -0.2) is 39.4 Å². The van der Waals surface area contributed by atoms with Gasteiger partial charge in [-0.05, 0) is 74.9 Å². The van der Waals surface area contributed by atoms with Crippen LogP contribution in [0.1, 0.15) is 67.7 Å². The fourth-order valence-corrected chi connectivity index (χ4v) is 6.77. The molecule has 3 heterocycles. The summed E-state index contributed by atoms with van der Waals surface area (Å²) in [5, 5.41) is 3.06. The molecule has 1 atom stereocenters. The summed E-state index contributed by atoms with van der Waals surface area (Å²) in [6, 6.07) is 15.2. The Morgan fingerprint density at radius 2 is 1.77 bits per heavy atom. The van der Waals surface area contributed by atoms with Crippen LogP contribution in [0.2, 0.25) is 5.02 Å². The Hall–Kier alpha value is -4.01. The Morgan fingerprint density at radius 3 is 2.39 bits per heavy atom. The molecule has 5 rings (SSSR count). The molecule has 1 aliphatic rings. The number of nitrogens with two attached hydrogens (primary N) is 1. The Morgan fingerprint density at radius 1 is 1.09 bits per heavy atom. The molecular weight excluding hydrogens is 592 g/mol. The van der Waals surface area contributed by atoms with Crippen molar-refractivity contribution in [3.8, 4) is 27.5 Å². The highest BCUT2D eigenvalue weighted by Gasteiger charge is 2.31. The van der Waals surface area contributed by atoms with E-state index in [0.29, 0.717) is 59.1 Å². The molecule has 9 heteroatoms. The van der Waals surface area contributed by atoms with Crippen LogP contribution in [0.15, 0.2) is 64.3 Å². The third kappa shape index (κ3) is 6.28. The lowest BCUT2D eigenvalue weighted by atomic mass is 9.96. The van der Waals surface area contributed by atoms with Crippen molar-refractivity contribution in [1.82, 2.24) is 14.5 Å². The van der Waals surface area contributed by atoms with Crippen LogP contribution in [0.4, 0.5) is 0 Å². The number of likely N-dealkylation sites (tertiary alicyclic amines) is 1. The molecule has 7 nitrogen and oxygen atoms in total. The van der Waals surface area contributed by atoms with E-state index in [0.717, 1.165) is 33.6 Å². The summed E-state index contributed by atoms with van der Waals surface area (Å²) in [6.45, 7) is 8.79. The van der Waals surface area contributed by atoms with Gasteiger partial charge in [-0.1, -0.05) is 61.4 Å². The molecule has 1 saturated heterocycles. The van der Waals surface area contributed by atoms with E-state index in [1.165, 1.54) is 11.3 Å². The van der Waals surface area contributed by atoms with Crippen molar-refractivity contribution in [3.05, 3.63) is 97.2 Å². The van der Waals surface area contributed by atoms with Gasteiger partial charge in [-0.2, -0.15) is 0 Å². The number of carbonyl (C=O) groups excluding carboxylic acids is 2. The largest absolute Gasteiger partial charge is 0.369 e. The lowest BCUT2D eigenvalue weighted by molar-refractivity contribution is -0.123. The summed E-state index contributed by atoms with van der Waals surface area (Å²) in [5.74, 6) is -1.04. The Labute approximate surface area is 267 Å². The monoisotopic (exact) mass is 628 g/mol. The average Bonchev–Trinajstić information content (AvgIpc) is 3.51. The molecular formula is C35H37ClN4O3S. The van der Waals surface area contributed by atoms with Gasteiger partial charge in [-0.3, -0.25) is 19.0 Å². The molecule has 0 spiro atoms. The van der Waals surface area contributed by atoms with Crippen molar-refractivity contribution >= 4 is 40.8 Å². The van der Waals surface area contributed by atoms with Crippen LogP contribution in [0, 0.1) is 5.92 Å². The fraction of sp³-hybridized carbons (Fsp3) is 0.314. The second-order valence-corrected chi connectivity index (χ2v) is 12.7. The number of hydrogen-bond donors (Lipinski definition) is 1. The standard InChI is InChI=1S/C35H37ClN4O3S/c1-5-22-9-7-10-23(6-2)31(22)40-30(17-21(3)4)27(34(42)39-16-8-11-25(19-39)32(37)41)18-28(35(40)43)33-38-29(20-44-33)24-12-14-26(36)15-13-24/h7,9-10,12-15,17-18,20,25H,5-6,8,11,16,19H2,1-4H3,(H2,37,41). The van der Waals surface area contributed by atoms with E-state index in [-0.39, 0.29) is 18.0 Å². The molecule has 1 fully saturated rings. The number of halogens is 1. The van der Waals surface area contributed by atoms with Crippen LogP contribution < -0.4 is 11.3 Å². The number of benzene rings is 2. The van der Waals surface area contributed by atoms with Gasteiger partial charge in [0.1, 0.15) is 5.01 Å². The first-order valence-electron chi connectivity index (χ1n) is 15.0. The highest BCUT2D eigenvalue weighted by molar-refractivity contribution is 7.13. The topological polar surface area (TPSA) is 98.3 Å². The third-order valence-electron chi connectivity index (χ3n) is 8.07. The number of primary amides is 1. The van der Waals surface area contributed by atoms with Crippen LogP contribution in [0.25, 0.3) is 33.6 Å². The Kier molecular flexibility index (Phi) is 9.51. The molecule has 0 bridgehead atoms. The molecule has 2 N–H and O–H groups in total. The maximum absolute atomic E-state index is 14.7. The number of para-hydroxylation sites is 1. The van der Waals surface area contributed by atoms with Crippen LogP contribution in [0.3, 0.4) is 0 Å². The number of pyridine rings is 1. The summed E-state index contributed by atoms with van der Waals surface area (Å²) < 4.78 is 1.71. The molecule has 0 saturated carbocycles. The van der Waals surface area contributed by atoms with E-state index in [9.17, 15) is 14.4 Å². The number of rotatable bonds is 8. The van der Waals surface area contributed by atoms with Crippen molar-refractivity contribution in [2.24, 2.45) is 11.7 Å². The van der Waals surface area contributed by atoms with Gasteiger partial charge in [0.05, 0.1) is 34.1 Å². The van der Waals surface area contributed by atoms with E-state index in [1.807, 2.05) is 55.6 Å². The molecule has 1 aliphatic heterocycles. The van der Waals surface area contributed by atoms with Gasteiger partial charge in [-0.15, -0.1) is 11.3 Å². The second kappa shape index (κ2) is 13.3. The smallest absolute Gasteiger partial charge is 0.265 e. The molecule has 2 aromatic heterocycles. The number of allylic oxidation sites excluding steroid dienone is 1. The molecule has 2 aromatic carbocycles. The van der Waals surface area contributed by atoms with Gasteiger partial charge >= 0.3 is 0 Å². The molecule has 228 valence electrons. The first-order valence-corrected chi connectivity index (χ1v) is 16.2. The summed E-state index contributed by atoms with van der Waals surface area (Å²) in [4.78, 5) is 47.8. The highest BCUT2D eigenvalue weighted by atomic mass is 35.5. The average molecular weight is 629 g/mol. The first-order chi connectivity index (χ1) is 21.1. The quantitative estimate of drug-likeness (QED) is 0.224. The van der Waals surface area contributed by atoms with Gasteiger partial charge in [0.2, 0.25) is 5.91 Å². The lowest BCUT2D eigenvalue weighted by Gasteiger charge is -2.32. The van der Waals surface area contributed by atoms with Crippen molar-refractivity contribution in [2.45, 2.75) is 53.4 Å². The molecule has 2 amide bonds.